The largest absolute Gasteiger partial charge is 0.379 e. The van der Waals surface area contributed by atoms with E-state index in [4.69, 9.17) is 4.74 Å². The zero-order valence-electron chi connectivity index (χ0n) is 12.5. The average Bonchev–Trinajstić information content (AvgIpc) is 3.08. The lowest BCUT2D eigenvalue weighted by atomic mass is 10.4. The van der Waals surface area contributed by atoms with Gasteiger partial charge in [-0.2, -0.15) is 4.31 Å². The Morgan fingerprint density at radius 3 is 2.25 bits per heavy atom. The molecule has 0 spiro atoms. The van der Waals surface area contributed by atoms with Crippen LogP contribution in [0.4, 0.5) is 5.13 Å². The summed E-state index contributed by atoms with van der Waals surface area (Å²) in [6.45, 7) is 1.27. The van der Waals surface area contributed by atoms with Crippen LogP contribution in [0, 0.1) is 0 Å². The van der Waals surface area contributed by atoms with Gasteiger partial charge in [-0.25, -0.2) is 21.8 Å². The molecule has 1 N–H and O–H groups in total. The van der Waals surface area contributed by atoms with Crippen LogP contribution in [0.3, 0.4) is 0 Å². The monoisotopic (exact) mass is 389 g/mol. The first kappa shape index (κ1) is 17.3. The van der Waals surface area contributed by atoms with E-state index in [0.717, 1.165) is 11.3 Å². The van der Waals surface area contributed by atoms with Crippen molar-refractivity contribution in [1.82, 2.24) is 9.29 Å². The number of ether oxygens (including phenoxy) is 1. The summed E-state index contributed by atoms with van der Waals surface area (Å²) in [5.74, 6) is 0. The molecule has 0 atom stereocenters. The van der Waals surface area contributed by atoms with Gasteiger partial charge in [-0.15, -0.1) is 11.3 Å². The average molecular weight is 389 g/mol. The SMILES string of the molecule is O=S(=O)(Nc1nccs1)c1ccc(S(=O)(=O)N2CCOCC2)cc1. The number of hydrogen-bond acceptors (Lipinski definition) is 7. The van der Waals surface area contributed by atoms with E-state index in [0.29, 0.717) is 13.2 Å². The van der Waals surface area contributed by atoms with E-state index in [1.165, 1.54) is 34.8 Å². The summed E-state index contributed by atoms with van der Waals surface area (Å²) in [7, 11) is -7.45. The van der Waals surface area contributed by atoms with Crippen molar-refractivity contribution in [2.45, 2.75) is 9.79 Å². The van der Waals surface area contributed by atoms with Crippen molar-refractivity contribution in [3.8, 4) is 0 Å². The van der Waals surface area contributed by atoms with Crippen molar-refractivity contribution in [2.24, 2.45) is 0 Å². The van der Waals surface area contributed by atoms with Crippen LogP contribution in [-0.4, -0.2) is 52.4 Å². The number of benzene rings is 1. The maximum Gasteiger partial charge on any atom is 0.263 e. The molecule has 2 heterocycles. The van der Waals surface area contributed by atoms with Crippen LogP contribution in [0.5, 0.6) is 0 Å². The van der Waals surface area contributed by atoms with E-state index < -0.39 is 20.0 Å². The molecule has 0 radical (unpaired) electrons. The first-order valence-corrected chi connectivity index (χ1v) is 10.8. The van der Waals surface area contributed by atoms with Crippen LogP contribution in [0.15, 0.2) is 45.6 Å². The minimum Gasteiger partial charge on any atom is -0.379 e. The molecule has 0 bridgehead atoms. The second-order valence-electron chi connectivity index (χ2n) is 4.93. The topological polar surface area (TPSA) is 106 Å². The van der Waals surface area contributed by atoms with Gasteiger partial charge in [0.1, 0.15) is 0 Å². The number of sulfonamides is 2. The van der Waals surface area contributed by atoms with Gasteiger partial charge in [-0.05, 0) is 24.3 Å². The highest BCUT2D eigenvalue weighted by Gasteiger charge is 2.26. The molecule has 0 aliphatic carbocycles. The van der Waals surface area contributed by atoms with Crippen LogP contribution in [-0.2, 0) is 24.8 Å². The molecule has 1 aliphatic rings. The van der Waals surface area contributed by atoms with E-state index >= 15 is 0 Å². The summed E-state index contributed by atoms with van der Waals surface area (Å²) < 4.78 is 58.3. The number of nitrogens with one attached hydrogen (secondary N) is 1. The van der Waals surface area contributed by atoms with E-state index in [-0.39, 0.29) is 28.0 Å². The molecule has 11 heteroatoms. The Balaban J connectivity index is 1.82. The van der Waals surface area contributed by atoms with E-state index in [1.54, 1.807) is 5.38 Å². The maximum absolute atomic E-state index is 12.5. The molecule has 1 aromatic heterocycles. The second kappa shape index (κ2) is 6.76. The third-order valence-electron chi connectivity index (χ3n) is 3.40. The van der Waals surface area contributed by atoms with Crippen molar-refractivity contribution in [2.75, 3.05) is 31.0 Å². The van der Waals surface area contributed by atoms with Crippen molar-refractivity contribution in [3.63, 3.8) is 0 Å². The summed E-state index contributed by atoms with van der Waals surface area (Å²) in [5, 5.41) is 1.90. The van der Waals surface area contributed by atoms with Gasteiger partial charge in [-0.3, -0.25) is 4.72 Å². The molecular weight excluding hydrogens is 374 g/mol. The quantitative estimate of drug-likeness (QED) is 0.817. The van der Waals surface area contributed by atoms with E-state index in [9.17, 15) is 16.8 Å². The Kier molecular flexibility index (Phi) is 4.88. The number of thiazole rings is 1. The Morgan fingerprint density at radius 1 is 1.04 bits per heavy atom. The van der Waals surface area contributed by atoms with E-state index in [2.05, 4.69) is 9.71 Å². The van der Waals surface area contributed by atoms with Crippen LogP contribution in [0.25, 0.3) is 0 Å². The lowest BCUT2D eigenvalue weighted by Gasteiger charge is -2.26. The summed E-state index contributed by atoms with van der Waals surface area (Å²) in [4.78, 5) is 3.88. The van der Waals surface area contributed by atoms with Gasteiger partial charge in [0.25, 0.3) is 10.0 Å². The summed E-state index contributed by atoms with van der Waals surface area (Å²) in [6.07, 6.45) is 1.49. The molecular formula is C13H15N3O5S3. The molecule has 1 aliphatic heterocycles. The van der Waals surface area contributed by atoms with Gasteiger partial charge in [0.2, 0.25) is 10.0 Å². The number of anilines is 1. The number of rotatable bonds is 5. The summed E-state index contributed by atoms with van der Waals surface area (Å²) in [6, 6.07) is 5.12. The Morgan fingerprint density at radius 2 is 1.67 bits per heavy atom. The van der Waals surface area contributed by atoms with Gasteiger partial charge in [0.05, 0.1) is 23.0 Å². The lowest BCUT2D eigenvalue weighted by Crippen LogP contribution is -2.40. The Hall–Kier alpha value is -1.53. The van der Waals surface area contributed by atoms with Gasteiger partial charge >= 0.3 is 0 Å². The zero-order valence-corrected chi connectivity index (χ0v) is 14.9. The minimum absolute atomic E-state index is 0.0290. The normalized spacial score (nSPS) is 16.8. The van der Waals surface area contributed by atoms with Crippen LogP contribution >= 0.6 is 11.3 Å². The van der Waals surface area contributed by atoms with Gasteiger partial charge < -0.3 is 4.74 Å². The third-order valence-corrected chi connectivity index (χ3v) is 7.48. The first-order chi connectivity index (χ1) is 11.4. The zero-order chi connectivity index (χ0) is 17.2. The summed E-state index contributed by atoms with van der Waals surface area (Å²) in [5.41, 5.74) is 0. The third kappa shape index (κ3) is 3.59. The standard InChI is InChI=1S/C13H15N3O5S3/c17-23(18,15-13-14-5-10-22-13)11-1-3-12(4-2-11)24(19,20)16-6-8-21-9-7-16/h1-5,10H,6-9H2,(H,14,15). The molecule has 1 fully saturated rings. The Bertz CT molecular complexity index is 887. The lowest BCUT2D eigenvalue weighted by molar-refractivity contribution is 0.0730. The smallest absolute Gasteiger partial charge is 0.263 e. The predicted molar refractivity (Wildman–Crippen MR) is 88.9 cm³/mol. The second-order valence-corrected chi connectivity index (χ2v) is 9.45. The van der Waals surface area contributed by atoms with Gasteiger partial charge in [0.15, 0.2) is 5.13 Å². The van der Waals surface area contributed by atoms with Crippen molar-refractivity contribution in [3.05, 3.63) is 35.8 Å². The molecule has 130 valence electrons. The van der Waals surface area contributed by atoms with Crippen molar-refractivity contribution < 1.29 is 21.6 Å². The fraction of sp³-hybridized carbons (Fsp3) is 0.308. The maximum atomic E-state index is 12.5. The molecule has 1 aromatic carbocycles. The predicted octanol–water partition coefficient (Wildman–Crippen LogP) is 0.965. The Labute approximate surface area is 144 Å². The van der Waals surface area contributed by atoms with Crippen LogP contribution in [0.1, 0.15) is 0 Å². The number of hydrogen-bond donors (Lipinski definition) is 1. The highest BCUT2D eigenvalue weighted by molar-refractivity contribution is 7.93. The molecule has 0 amide bonds. The minimum atomic E-state index is -3.80. The molecule has 8 nitrogen and oxygen atoms in total. The molecule has 2 aromatic rings. The van der Waals surface area contributed by atoms with Gasteiger partial charge in [0, 0.05) is 24.7 Å². The fourth-order valence-electron chi connectivity index (χ4n) is 2.17. The highest BCUT2D eigenvalue weighted by atomic mass is 32.2. The molecule has 0 unspecified atom stereocenters. The first-order valence-electron chi connectivity index (χ1n) is 7.00. The molecule has 0 saturated carbocycles. The number of aromatic nitrogens is 1. The van der Waals surface area contributed by atoms with Crippen molar-refractivity contribution >= 4 is 36.5 Å². The molecule has 1 saturated heterocycles. The summed E-state index contributed by atoms with van der Waals surface area (Å²) >= 11 is 1.15. The highest BCUT2D eigenvalue weighted by Crippen LogP contribution is 2.21. The fourth-order valence-corrected chi connectivity index (χ4v) is 5.37. The molecule has 3 rings (SSSR count). The van der Waals surface area contributed by atoms with Crippen LogP contribution < -0.4 is 4.72 Å². The van der Waals surface area contributed by atoms with Gasteiger partial charge in [-0.1, -0.05) is 0 Å². The number of nitrogens with zero attached hydrogens (tertiary/aromatic N) is 2. The molecule has 24 heavy (non-hydrogen) atoms. The van der Waals surface area contributed by atoms with Crippen molar-refractivity contribution in [1.29, 1.82) is 0 Å². The number of morpholine rings is 1. The van der Waals surface area contributed by atoms with Crippen LogP contribution in [0.2, 0.25) is 0 Å². The van der Waals surface area contributed by atoms with E-state index in [1.807, 2.05) is 0 Å².